The normalized spacial score (nSPS) is 16.6. The van der Waals surface area contributed by atoms with Gasteiger partial charge in [-0.3, -0.25) is 0 Å². The Bertz CT molecular complexity index is 1290. The first kappa shape index (κ1) is 25.0. The molecule has 0 bridgehead atoms. The first-order valence-electron chi connectivity index (χ1n) is 11.5. The third-order valence-corrected chi connectivity index (χ3v) is 6.69. The van der Waals surface area contributed by atoms with Crippen LogP contribution in [-0.4, -0.2) is 39.9 Å². The van der Waals surface area contributed by atoms with Gasteiger partial charge in [0, 0.05) is 24.1 Å². The number of fused-ring (bicyclic) bond motifs is 2. The number of rotatable bonds is 5. The van der Waals surface area contributed by atoms with Gasteiger partial charge < -0.3 is 20.1 Å². The molecule has 1 atom stereocenters. The van der Waals surface area contributed by atoms with Crippen LogP contribution in [0.3, 0.4) is 0 Å². The van der Waals surface area contributed by atoms with Crippen LogP contribution < -0.4 is 15.0 Å². The molecule has 3 aromatic rings. The maximum atomic E-state index is 15.3. The van der Waals surface area contributed by atoms with Crippen LogP contribution in [0.2, 0.25) is 0 Å². The fourth-order valence-electron chi connectivity index (χ4n) is 4.17. The monoisotopic (exact) mass is 488 g/mol. The molecule has 0 saturated carbocycles. The average molecular weight is 489 g/mol. The van der Waals surface area contributed by atoms with Gasteiger partial charge in [0.25, 0.3) is 0 Å². The summed E-state index contributed by atoms with van der Waals surface area (Å²) in [7, 11) is 1.99. The van der Waals surface area contributed by atoms with Gasteiger partial charge in [0.05, 0.1) is 28.3 Å². The summed E-state index contributed by atoms with van der Waals surface area (Å²) in [4.78, 5) is 11.2. The number of alkyl halides is 2. The number of aliphatic hydroxyl groups is 1. The molecule has 0 amide bonds. The van der Waals surface area contributed by atoms with E-state index in [1.54, 1.807) is 13.8 Å². The summed E-state index contributed by atoms with van der Waals surface area (Å²) in [6.45, 7) is 10.0. The van der Waals surface area contributed by atoms with Crippen LogP contribution in [0.5, 0.6) is 5.75 Å². The summed E-state index contributed by atoms with van der Waals surface area (Å²) in [5, 5.41) is 13.8. The van der Waals surface area contributed by atoms with Gasteiger partial charge in [-0.2, -0.15) is 8.78 Å². The Balaban J connectivity index is 1.77. The van der Waals surface area contributed by atoms with Crippen molar-refractivity contribution in [1.29, 1.82) is 0 Å². The molecular formula is C26H31F3N4O2. The zero-order chi connectivity index (χ0) is 25.9. The highest BCUT2D eigenvalue weighted by Crippen LogP contribution is 2.43. The summed E-state index contributed by atoms with van der Waals surface area (Å²) in [6, 6.07) is 6.88. The second-order valence-electron chi connectivity index (χ2n) is 10.3. The lowest BCUT2D eigenvalue weighted by Crippen LogP contribution is -2.49. The number of aromatic nitrogens is 2. The van der Waals surface area contributed by atoms with Gasteiger partial charge in [-0.15, -0.1) is 0 Å². The van der Waals surface area contributed by atoms with Crippen molar-refractivity contribution in [3.63, 3.8) is 0 Å². The molecule has 2 heterocycles. The maximum Gasteiger partial charge on any atom is 0.303 e. The number of nitrogens with zero attached hydrogens (tertiary/aromatic N) is 3. The molecule has 0 fully saturated rings. The predicted octanol–water partition coefficient (Wildman–Crippen LogP) is 5.72. The minimum atomic E-state index is -3.78. The van der Waals surface area contributed by atoms with E-state index in [0.717, 1.165) is 25.6 Å². The van der Waals surface area contributed by atoms with E-state index in [2.05, 4.69) is 34.0 Å². The van der Waals surface area contributed by atoms with E-state index in [-0.39, 0.29) is 11.1 Å². The number of benzene rings is 2. The average Bonchev–Trinajstić information content (AvgIpc) is 2.75. The Morgan fingerprint density at radius 3 is 2.54 bits per heavy atom. The minimum Gasteiger partial charge on any atom is -0.489 e. The van der Waals surface area contributed by atoms with Crippen molar-refractivity contribution in [3.8, 4) is 5.75 Å². The van der Waals surface area contributed by atoms with Gasteiger partial charge in [-0.05, 0) is 53.7 Å². The second kappa shape index (κ2) is 8.26. The highest BCUT2D eigenvalue weighted by molar-refractivity contribution is 5.94. The number of likely N-dealkylation sites (N-methyl/N-ethyl adjacent to an activating group) is 1. The molecule has 2 N–H and O–H groups in total. The Hall–Kier alpha value is -3.07. The lowest BCUT2D eigenvalue weighted by molar-refractivity contribution is -0.170. The molecule has 0 saturated heterocycles. The molecule has 35 heavy (non-hydrogen) atoms. The van der Waals surface area contributed by atoms with Crippen LogP contribution in [0.15, 0.2) is 30.3 Å². The molecule has 1 aliphatic heterocycles. The third kappa shape index (κ3) is 4.26. The van der Waals surface area contributed by atoms with Crippen LogP contribution in [-0.2, 0) is 5.92 Å². The smallest absolute Gasteiger partial charge is 0.303 e. The molecule has 188 valence electrons. The van der Waals surface area contributed by atoms with Crippen LogP contribution >= 0.6 is 0 Å². The largest absolute Gasteiger partial charge is 0.489 e. The van der Waals surface area contributed by atoms with E-state index >= 15 is 4.39 Å². The molecule has 6 nitrogen and oxygen atoms in total. The van der Waals surface area contributed by atoms with E-state index in [0.29, 0.717) is 34.9 Å². The fraction of sp³-hybridized carbons (Fsp3) is 0.462. The van der Waals surface area contributed by atoms with Crippen molar-refractivity contribution in [2.24, 2.45) is 0 Å². The van der Waals surface area contributed by atoms with Gasteiger partial charge in [-0.25, -0.2) is 14.4 Å². The molecule has 1 aromatic heterocycles. The van der Waals surface area contributed by atoms with Crippen LogP contribution in [0, 0.1) is 12.7 Å². The molecule has 1 aliphatic rings. The van der Waals surface area contributed by atoms with Crippen molar-refractivity contribution >= 4 is 22.4 Å². The SMILES string of the molecule is Cc1nc(N[C@H](C)c2cccc(C(F)(F)C(C)(C)O)c2F)c2cc3c(cc2n1)OCC(C)(C)N3C. The number of halogens is 3. The fourth-order valence-corrected chi connectivity index (χ4v) is 4.17. The molecular weight excluding hydrogens is 457 g/mol. The Labute approximate surface area is 203 Å². The van der Waals surface area contributed by atoms with E-state index in [1.165, 1.54) is 12.1 Å². The first-order chi connectivity index (χ1) is 16.1. The summed E-state index contributed by atoms with van der Waals surface area (Å²) < 4.78 is 50.8. The molecule has 0 unspecified atom stereocenters. The third-order valence-electron chi connectivity index (χ3n) is 6.69. The minimum absolute atomic E-state index is 0.0374. The zero-order valence-corrected chi connectivity index (χ0v) is 21.0. The molecule has 0 spiro atoms. The number of hydrogen-bond acceptors (Lipinski definition) is 6. The van der Waals surface area contributed by atoms with Crippen molar-refractivity contribution in [2.45, 2.75) is 64.6 Å². The summed E-state index contributed by atoms with van der Waals surface area (Å²) >= 11 is 0. The van der Waals surface area contributed by atoms with E-state index in [9.17, 15) is 13.9 Å². The predicted molar refractivity (Wildman–Crippen MR) is 131 cm³/mol. The number of hydrogen-bond donors (Lipinski definition) is 2. The topological polar surface area (TPSA) is 70.5 Å². The zero-order valence-electron chi connectivity index (χ0n) is 21.0. The van der Waals surface area contributed by atoms with Crippen LogP contribution in [0.4, 0.5) is 24.7 Å². The summed E-state index contributed by atoms with van der Waals surface area (Å²) in [5.41, 5.74) is -1.94. The number of anilines is 2. The number of aryl methyl sites for hydroxylation is 1. The van der Waals surface area contributed by atoms with Gasteiger partial charge in [-0.1, -0.05) is 12.1 Å². The van der Waals surface area contributed by atoms with Crippen molar-refractivity contribution in [3.05, 3.63) is 53.1 Å². The maximum absolute atomic E-state index is 15.3. The lowest BCUT2D eigenvalue weighted by Gasteiger charge is -2.42. The number of ether oxygens (including phenoxy) is 1. The summed E-state index contributed by atoms with van der Waals surface area (Å²) in [6.07, 6.45) is 0. The molecule has 4 rings (SSSR count). The van der Waals surface area contributed by atoms with Crippen molar-refractivity contribution in [1.82, 2.24) is 9.97 Å². The highest BCUT2D eigenvalue weighted by atomic mass is 19.3. The van der Waals surface area contributed by atoms with E-state index in [4.69, 9.17) is 4.74 Å². The Kier molecular flexibility index (Phi) is 5.91. The second-order valence-corrected chi connectivity index (χ2v) is 10.3. The first-order valence-corrected chi connectivity index (χ1v) is 11.5. The van der Waals surface area contributed by atoms with Gasteiger partial charge >= 0.3 is 5.92 Å². The Morgan fingerprint density at radius 2 is 1.89 bits per heavy atom. The van der Waals surface area contributed by atoms with Crippen LogP contribution in [0.1, 0.15) is 57.6 Å². The van der Waals surface area contributed by atoms with Gasteiger partial charge in [0.1, 0.15) is 35.4 Å². The van der Waals surface area contributed by atoms with Crippen molar-refractivity contribution in [2.75, 3.05) is 23.9 Å². The molecule has 0 aliphatic carbocycles. The quantitative estimate of drug-likeness (QED) is 0.479. The molecule has 2 aromatic carbocycles. The Morgan fingerprint density at radius 1 is 1.20 bits per heavy atom. The summed E-state index contributed by atoms with van der Waals surface area (Å²) in [5.74, 6) is -3.18. The van der Waals surface area contributed by atoms with E-state index in [1.807, 2.05) is 19.2 Å². The van der Waals surface area contributed by atoms with Gasteiger partial charge in [0.2, 0.25) is 0 Å². The standard InChI is InChI=1S/C26H31F3N4O2/c1-14(16-9-8-10-18(22(16)27)26(28,29)25(5,6)34)30-23-17-11-20-21(12-19(17)31-15(2)32-23)35-13-24(3,4)33(20)7/h8-12,14,34H,13H2,1-7H3,(H,30,31,32)/t14-/m1/s1. The van der Waals surface area contributed by atoms with Crippen molar-refractivity contribution < 1.29 is 23.0 Å². The van der Waals surface area contributed by atoms with Gasteiger partial charge in [0.15, 0.2) is 0 Å². The molecule has 0 radical (unpaired) electrons. The lowest BCUT2D eigenvalue weighted by atomic mass is 9.91. The van der Waals surface area contributed by atoms with E-state index < -0.39 is 28.9 Å². The molecule has 9 heteroatoms. The highest BCUT2D eigenvalue weighted by Gasteiger charge is 2.49. The van der Waals surface area contributed by atoms with Crippen LogP contribution in [0.25, 0.3) is 10.9 Å². The number of nitrogens with one attached hydrogen (secondary N) is 1.